The van der Waals surface area contributed by atoms with Crippen LogP contribution in [0.5, 0.6) is 0 Å². The summed E-state index contributed by atoms with van der Waals surface area (Å²) in [5.41, 5.74) is 21.8. The summed E-state index contributed by atoms with van der Waals surface area (Å²) in [6, 6.07) is 73.0. The molecule has 0 aliphatic carbocycles. The van der Waals surface area contributed by atoms with E-state index in [2.05, 4.69) is 200 Å². The Morgan fingerprint density at radius 1 is 0.397 bits per heavy atom. The van der Waals surface area contributed by atoms with Gasteiger partial charge in [-0.3, -0.25) is 0 Å². The van der Waals surface area contributed by atoms with Gasteiger partial charge in [0.2, 0.25) is 0 Å². The van der Waals surface area contributed by atoms with E-state index in [0.29, 0.717) is 0 Å². The molecule has 4 nitrogen and oxygen atoms in total. The van der Waals surface area contributed by atoms with Crippen molar-refractivity contribution >= 4 is 21.9 Å². The maximum atomic E-state index is 6.21. The number of hydrogen-bond acceptors (Lipinski definition) is 4. The van der Waals surface area contributed by atoms with Crippen LogP contribution in [0.4, 0.5) is 0 Å². The minimum Gasteiger partial charge on any atom is -0.456 e. The summed E-state index contributed by atoms with van der Waals surface area (Å²) in [7, 11) is 0. The van der Waals surface area contributed by atoms with Crippen molar-refractivity contribution in [3.63, 3.8) is 0 Å². The van der Waals surface area contributed by atoms with E-state index >= 15 is 0 Å². The SMILES string of the molecule is Cc1ccc(-c2[c-]cc(CCc3cc(CCc4c[c-]c(-c5cc(C)ccn5)cc4)cc(-c4ccccc4-c4c[c-]c(-c5cc(-c6ccc7c(c6)oc6ccccc67)ccn5)cc4)c3)cc2)nc1.[Ir+3]. The van der Waals surface area contributed by atoms with Gasteiger partial charge in [-0.15, -0.1) is 101 Å². The number of aryl methyl sites for hydroxylation is 6. The molecular weight excluding hydrogens is 1010 g/mol. The van der Waals surface area contributed by atoms with Gasteiger partial charge in [0.25, 0.3) is 0 Å². The Morgan fingerprint density at radius 2 is 0.985 bits per heavy atom. The van der Waals surface area contributed by atoms with Crippen molar-refractivity contribution in [3.05, 3.63) is 246 Å². The number of pyridine rings is 3. The van der Waals surface area contributed by atoms with Crippen LogP contribution >= 0.6 is 0 Å². The van der Waals surface area contributed by atoms with E-state index in [1.54, 1.807) is 0 Å². The van der Waals surface area contributed by atoms with Crippen LogP contribution in [0.1, 0.15) is 33.4 Å². The van der Waals surface area contributed by atoms with E-state index in [4.69, 9.17) is 9.40 Å². The van der Waals surface area contributed by atoms with Gasteiger partial charge in [-0.1, -0.05) is 121 Å². The summed E-state index contributed by atoms with van der Waals surface area (Å²) in [5.74, 6) is 0. The van der Waals surface area contributed by atoms with Gasteiger partial charge < -0.3 is 19.4 Å². The summed E-state index contributed by atoms with van der Waals surface area (Å²) in [4.78, 5) is 14.0. The summed E-state index contributed by atoms with van der Waals surface area (Å²) in [6.07, 6.45) is 9.28. The number of benzene rings is 7. The molecule has 0 amide bonds. The van der Waals surface area contributed by atoms with E-state index in [0.717, 1.165) is 104 Å². The van der Waals surface area contributed by atoms with Crippen LogP contribution in [0, 0.1) is 32.0 Å². The van der Waals surface area contributed by atoms with Crippen LogP contribution in [0.25, 0.3) is 89.1 Å². The summed E-state index contributed by atoms with van der Waals surface area (Å²) < 4.78 is 6.21. The number of aromatic nitrogens is 3. The molecule has 5 heteroatoms. The van der Waals surface area contributed by atoms with Gasteiger partial charge in [0, 0.05) is 29.4 Å². The standard InChI is InChI=1S/C63H46N3O.Ir/c1-42-31-33-64-60(35-42)50-22-18-45(19-23-50)13-15-47-36-46(14-12-44-16-20-49(21-17-44)59-30-11-43(2)41-66-59)37-54(38-47)56-8-4-3-7-55(56)48-24-26-51(27-25-48)61-39-53(32-34-65-61)52-28-29-58-57-9-5-6-10-62(57)67-63(58)40-52;/h3-11,16-20,22,24-26,28-41H,12-15H2,1-2H3;/q-3;+3. The average Bonchev–Trinajstić information content (AvgIpc) is 3.76. The van der Waals surface area contributed by atoms with Crippen molar-refractivity contribution in [2.75, 3.05) is 0 Å². The first kappa shape index (κ1) is 44.3. The predicted octanol–water partition coefficient (Wildman–Crippen LogP) is 15.4. The number of para-hydroxylation sites is 1. The Balaban J connectivity index is 0.00000539. The normalized spacial score (nSPS) is 11.2. The third-order valence-electron chi connectivity index (χ3n) is 12.7. The van der Waals surface area contributed by atoms with E-state index < -0.39 is 0 Å². The van der Waals surface area contributed by atoms with Crippen LogP contribution in [0.15, 0.2) is 199 Å². The second-order valence-electron chi connectivity index (χ2n) is 17.5. The molecule has 0 atom stereocenters. The molecule has 0 N–H and O–H groups in total. The molecule has 7 aromatic carbocycles. The molecule has 0 fully saturated rings. The fourth-order valence-corrected chi connectivity index (χ4v) is 9.04. The van der Waals surface area contributed by atoms with Crippen molar-refractivity contribution in [2.45, 2.75) is 39.5 Å². The Kier molecular flexibility index (Phi) is 12.8. The second-order valence-corrected chi connectivity index (χ2v) is 17.5. The van der Waals surface area contributed by atoms with Crippen LogP contribution in [-0.4, -0.2) is 15.0 Å². The zero-order chi connectivity index (χ0) is 45.1. The molecule has 0 saturated heterocycles. The van der Waals surface area contributed by atoms with Crippen LogP contribution in [-0.2, 0) is 45.8 Å². The minimum absolute atomic E-state index is 0. The van der Waals surface area contributed by atoms with Crippen molar-refractivity contribution in [1.82, 2.24) is 15.0 Å². The molecule has 4 heterocycles. The Morgan fingerprint density at radius 3 is 1.65 bits per heavy atom. The van der Waals surface area contributed by atoms with Gasteiger partial charge in [-0.05, 0) is 113 Å². The first-order valence-electron chi connectivity index (χ1n) is 23.0. The molecule has 0 bridgehead atoms. The first-order chi connectivity index (χ1) is 33.0. The van der Waals surface area contributed by atoms with Crippen LogP contribution in [0.3, 0.4) is 0 Å². The fraction of sp³-hybridized carbons (Fsp3) is 0.0952. The maximum absolute atomic E-state index is 6.21. The Bertz CT molecular complexity index is 3520. The monoisotopic (exact) mass is 1050 g/mol. The predicted molar refractivity (Wildman–Crippen MR) is 273 cm³/mol. The topological polar surface area (TPSA) is 51.8 Å². The van der Waals surface area contributed by atoms with E-state index in [1.807, 2.05) is 36.8 Å². The molecule has 0 unspecified atom stereocenters. The molecule has 0 spiro atoms. The molecule has 11 rings (SSSR count). The second kappa shape index (κ2) is 19.7. The third-order valence-corrected chi connectivity index (χ3v) is 12.7. The quantitative estimate of drug-likeness (QED) is 0.114. The van der Waals surface area contributed by atoms with Crippen LogP contribution < -0.4 is 0 Å². The smallest absolute Gasteiger partial charge is 0.456 e. The number of hydrogen-bond donors (Lipinski definition) is 0. The molecule has 0 aliphatic heterocycles. The van der Waals surface area contributed by atoms with Crippen molar-refractivity contribution in [2.24, 2.45) is 0 Å². The Hall–Kier alpha value is -7.56. The van der Waals surface area contributed by atoms with E-state index in [-0.39, 0.29) is 20.1 Å². The molecule has 0 aliphatic rings. The minimum atomic E-state index is 0. The zero-order valence-corrected chi connectivity index (χ0v) is 40.3. The van der Waals surface area contributed by atoms with Crippen molar-refractivity contribution in [3.8, 4) is 67.2 Å². The molecule has 328 valence electrons. The Labute approximate surface area is 411 Å². The number of nitrogens with zero attached hydrogens (tertiary/aromatic N) is 3. The molecule has 0 saturated carbocycles. The van der Waals surface area contributed by atoms with Gasteiger partial charge in [0.05, 0.1) is 0 Å². The summed E-state index contributed by atoms with van der Waals surface area (Å²) in [6.45, 7) is 4.15. The van der Waals surface area contributed by atoms with E-state index in [9.17, 15) is 0 Å². The van der Waals surface area contributed by atoms with Gasteiger partial charge in [-0.2, -0.15) is 0 Å². The van der Waals surface area contributed by atoms with Gasteiger partial charge in [0.1, 0.15) is 11.2 Å². The van der Waals surface area contributed by atoms with E-state index in [1.165, 1.54) is 44.5 Å². The summed E-state index contributed by atoms with van der Waals surface area (Å²) >= 11 is 0. The first-order valence-corrected chi connectivity index (χ1v) is 23.0. The van der Waals surface area contributed by atoms with Gasteiger partial charge >= 0.3 is 20.1 Å². The van der Waals surface area contributed by atoms with Gasteiger partial charge in [0.15, 0.2) is 0 Å². The number of furan rings is 1. The number of fused-ring (bicyclic) bond motifs is 3. The van der Waals surface area contributed by atoms with Crippen molar-refractivity contribution < 1.29 is 24.5 Å². The molecule has 11 aromatic rings. The molecular formula is C63H46IrN3O. The summed E-state index contributed by atoms with van der Waals surface area (Å²) in [5, 5.41) is 2.25. The largest absolute Gasteiger partial charge is 3.00 e. The molecule has 68 heavy (non-hydrogen) atoms. The zero-order valence-electron chi connectivity index (χ0n) is 37.9. The third kappa shape index (κ3) is 9.64. The van der Waals surface area contributed by atoms with Gasteiger partial charge in [-0.25, -0.2) is 0 Å². The fourth-order valence-electron chi connectivity index (χ4n) is 9.04. The van der Waals surface area contributed by atoms with Crippen molar-refractivity contribution in [1.29, 1.82) is 0 Å². The molecule has 0 radical (unpaired) electrons. The number of rotatable bonds is 12. The molecule has 4 aromatic heterocycles. The average molecular weight is 1050 g/mol. The van der Waals surface area contributed by atoms with Crippen LogP contribution in [0.2, 0.25) is 0 Å². The maximum Gasteiger partial charge on any atom is 3.00 e.